The zero-order chi connectivity index (χ0) is 14.5. The van der Waals surface area contributed by atoms with E-state index in [-0.39, 0.29) is 12.2 Å². The molecule has 0 heterocycles. The minimum Gasteiger partial charge on any atom is -0.496 e. The van der Waals surface area contributed by atoms with Gasteiger partial charge in [-0.05, 0) is 52.9 Å². The maximum Gasteiger partial charge on any atom is 0.335 e. The second-order valence-electron chi connectivity index (χ2n) is 4.05. The molecular weight excluding hydrogens is 371 g/mol. The fourth-order valence-electron chi connectivity index (χ4n) is 1.74. The van der Waals surface area contributed by atoms with E-state index in [1.807, 2.05) is 24.3 Å². The van der Waals surface area contributed by atoms with Gasteiger partial charge in [0.05, 0.1) is 16.2 Å². The lowest BCUT2D eigenvalue weighted by Gasteiger charge is -2.12. The van der Waals surface area contributed by atoms with Crippen LogP contribution >= 0.6 is 22.6 Å². The van der Waals surface area contributed by atoms with E-state index in [0.29, 0.717) is 11.3 Å². The van der Waals surface area contributed by atoms with Gasteiger partial charge in [0.2, 0.25) is 0 Å². The van der Waals surface area contributed by atoms with E-state index in [4.69, 9.17) is 14.6 Å². The van der Waals surface area contributed by atoms with Crippen molar-refractivity contribution in [3.05, 3.63) is 57.2 Å². The molecule has 104 valence electrons. The molecule has 0 saturated carbocycles. The summed E-state index contributed by atoms with van der Waals surface area (Å²) in [5, 5.41) is 9.02. The predicted molar refractivity (Wildman–Crippen MR) is 83.4 cm³/mol. The maximum absolute atomic E-state index is 11.0. The van der Waals surface area contributed by atoms with Gasteiger partial charge in [-0.25, -0.2) is 4.79 Å². The van der Waals surface area contributed by atoms with Gasteiger partial charge in [-0.2, -0.15) is 0 Å². The molecule has 0 atom stereocenters. The van der Waals surface area contributed by atoms with Crippen molar-refractivity contribution in [1.82, 2.24) is 0 Å². The number of methoxy groups -OCH3 is 1. The van der Waals surface area contributed by atoms with Crippen molar-refractivity contribution in [1.29, 1.82) is 0 Å². The van der Waals surface area contributed by atoms with Crippen LogP contribution in [0.2, 0.25) is 0 Å². The molecule has 0 bridgehead atoms. The minimum absolute atomic E-state index is 0.215. The zero-order valence-corrected chi connectivity index (χ0v) is 13.0. The molecule has 0 saturated heterocycles. The van der Waals surface area contributed by atoms with Crippen LogP contribution in [0.15, 0.2) is 42.5 Å². The summed E-state index contributed by atoms with van der Waals surface area (Å²) in [5.41, 5.74) is 0.916. The summed E-state index contributed by atoms with van der Waals surface area (Å²) in [4.78, 5) is 11.0. The Labute approximate surface area is 130 Å². The number of aromatic carboxylic acids is 1. The molecule has 5 heteroatoms. The highest BCUT2D eigenvalue weighted by molar-refractivity contribution is 14.1. The molecule has 0 aromatic heterocycles. The summed E-state index contributed by atoms with van der Waals surface area (Å²) in [6.45, 7) is 0.254. The van der Waals surface area contributed by atoms with Crippen LogP contribution in [-0.4, -0.2) is 18.2 Å². The van der Waals surface area contributed by atoms with Crippen molar-refractivity contribution >= 4 is 28.6 Å². The van der Waals surface area contributed by atoms with Crippen molar-refractivity contribution in [3.63, 3.8) is 0 Å². The summed E-state index contributed by atoms with van der Waals surface area (Å²) < 4.78 is 11.9. The van der Waals surface area contributed by atoms with Crippen LogP contribution in [0, 0.1) is 3.57 Å². The standard InChI is InChI=1S/C15H13IO4/c1-19-13-7-6-10(15(17)18)8-11(13)9-20-14-5-3-2-4-12(14)16/h2-8H,9H2,1H3,(H,17,18). The first kappa shape index (κ1) is 14.6. The number of hydrogen-bond donors (Lipinski definition) is 1. The van der Waals surface area contributed by atoms with Crippen molar-refractivity contribution in [2.45, 2.75) is 6.61 Å². The number of carboxylic acids is 1. The first-order valence-electron chi connectivity index (χ1n) is 5.89. The van der Waals surface area contributed by atoms with Crippen molar-refractivity contribution in [2.24, 2.45) is 0 Å². The Morgan fingerprint density at radius 3 is 2.60 bits per heavy atom. The van der Waals surface area contributed by atoms with Crippen LogP contribution in [0.4, 0.5) is 0 Å². The van der Waals surface area contributed by atoms with Gasteiger partial charge < -0.3 is 14.6 Å². The number of rotatable bonds is 5. The second kappa shape index (κ2) is 6.60. The van der Waals surface area contributed by atoms with Gasteiger partial charge in [0.25, 0.3) is 0 Å². The molecule has 0 aliphatic heterocycles. The predicted octanol–water partition coefficient (Wildman–Crippen LogP) is 3.58. The number of benzene rings is 2. The monoisotopic (exact) mass is 384 g/mol. The molecule has 0 aliphatic carbocycles. The fraction of sp³-hybridized carbons (Fsp3) is 0.133. The maximum atomic E-state index is 11.0. The molecule has 0 aliphatic rings. The number of halogens is 1. The lowest BCUT2D eigenvalue weighted by molar-refractivity contribution is 0.0696. The molecule has 0 amide bonds. The van der Waals surface area contributed by atoms with Crippen molar-refractivity contribution in [2.75, 3.05) is 7.11 Å². The molecule has 0 radical (unpaired) electrons. The fourth-order valence-corrected chi connectivity index (χ4v) is 2.28. The van der Waals surface area contributed by atoms with Crippen LogP contribution in [0.25, 0.3) is 0 Å². The van der Waals surface area contributed by atoms with Crippen molar-refractivity contribution < 1.29 is 19.4 Å². The van der Waals surface area contributed by atoms with Gasteiger partial charge in [0.15, 0.2) is 0 Å². The highest BCUT2D eigenvalue weighted by Gasteiger charge is 2.10. The average Bonchev–Trinajstić information content (AvgIpc) is 2.46. The van der Waals surface area contributed by atoms with Gasteiger partial charge in [-0.3, -0.25) is 0 Å². The molecular formula is C15H13IO4. The van der Waals surface area contributed by atoms with E-state index in [1.165, 1.54) is 6.07 Å². The summed E-state index contributed by atoms with van der Waals surface area (Å²) >= 11 is 2.19. The Bertz CT molecular complexity index is 625. The van der Waals surface area contributed by atoms with Gasteiger partial charge >= 0.3 is 5.97 Å². The third-order valence-electron chi connectivity index (χ3n) is 2.75. The summed E-state index contributed by atoms with van der Waals surface area (Å²) in [7, 11) is 1.55. The van der Waals surface area contributed by atoms with Crippen LogP contribution < -0.4 is 9.47 Å². The minimum atomic E-state index is -0.969. The first-order chi connectivity index (χ1) is 9.61. The molecule has 2 rings (SSSR count). The van der Waals surface area contributed by atoms with E-state index < -0.39 is 5.97 Å². The Hall–Kier alpha value is -1.76. The van der Waals surface area contributed by atoms with E-state index >= 15 is 0 Å². The number of ether oxygens (including phenoxy) is 2. The number of carboxylic acid groups (broad SMARTS) is 1. The third kappa shape index (κ3) is 3.41. The smallest absolute Gasteiger partial charge is 0.335 e. The molecule has 0 unspecified atom stereocenters. The lowest BCUT2D eigenvalue weighted by atomic mass is 10.1. The molecule has 2 aromatic rings. The number of para-hydroxylation sites is 1. The Morgan fingerprint density at radius 2 is 1.95 bits per heavy atom. The Balaban J connectivity index is 2.22. The SMILES string of the molecule is COc1ccc(C(=O)O)cc1COc1ccccc1I. The van der Waals surface area contributed by atoms with E-state index in [1.54, 1.807) is 19.2 Å². The van der Waals surface area contributed by atoms with Crippen molar-refractivity contribution in [3.8, 4) is 11.5 Å². The van der Waals surface area contributed by atoms with E-state index in [2.05, 4.69) is 22.6 Å². The Morgan fingerprint density at radius 1 is 1.20 bits per heavy atom. The number of hydrogen-bond acceptors (Lipinski definition) is 3. The average molecular weight is 384 g/mol. The topological polar surface area (TPSA) is 55.8 Å². The largest absolute Gasteiger partial charge is 0.496 e. The highest BCUT2D eigenvalue weighted by atomic mass is 127. The van der Waals surface area contributed by atoms with Gasteiger partial charge in [-0.15, -0.1) is 0 Å². The summed E-state index contributed by atoms with van der Waals surface area (Å²) in [5.74, 6) is 0.403. The van der Waals surface area contributed by atoms with Gasteiger partial charge in [0.1, 0.15) is 18.1 Å². The summed E-state index contributed by atoms with van der Waals surface area (Å²) in [6.07, 6.45) is 0. The quantitative estimate of drug-likeness (QED) is 0.801. The van der Waals surface area contributed by atoms with E-state index in [9.17, 15) is 4.79 Å². The van der Waals surface area contributed by atoms with E-state index in [0.717, 1.165) is 9.32 Å². The summed E-state index contributed by atoms with van der Waals surface area (Å²) in [6, 6.07) is 12.4. The van der Waals surface area contributed by atoms with Gasteiger partial charge in [-0.1, -0.05) is 12.1 Å². The van der Waals surface area contributed by atoms with Crippen LogP contribution in [-0.2, 0) is 6.61 Å². The molecule has 0 fully saturated rings. The molecule has 1 N–H and O–H groups in total. The molecule has 0 spiro atoms. The second-order valence-corrected chi connectivity index (χ2v) is 5.21. The number of carbonyl (C=O) groups is 1. The normalized spacial score (nSPS) is 10.1. The lowest BCUT2D eigenvalue weighted by Crippen LogP contribution is -2.03. The first-order valence-corrected chi connectivity index (χ1v) is 6.97. The zero-order valence-electron chi connectivity index (χ0n) is 10.8. The van der Waals surface area contributed by atoms with Gasteiger partial charge in [0, 0.05) is 5.56 Å². The molecule has 4 nitrogen and oxygen atoms in total. The molecule has 20 heavy (non-hydrogen) atoms. The van der Waals surface area contributed by atoms with Crippen LogP contribution in [0.1, 0.15) is 15.9 Å². The van der Waals surface area contributed by atoms with Crippen LogP contribution in [0.3, 0.4) is 0 Å². The molecule has 2 aromatic carbocycles. The van der Waals surface area contributed by atoms with Crippen LogP contribution in [0.5, 0.6) is 11.5 Å². The highest BCUT2D eigenvalue weighted by Crippen LogP contribution is 2.25. The third-order valence-corrected chi connectivity index (χ3v) is 3.64. The Kier molecular flexibility index (Phi) is 4.84.